The van der Waals surface area contributed by atoms with Crippen LogP contribution in [0.15, 0.2) is 91.0 Å². The van der Waals surface area contributed by atoms with Crippen LogP contribution in [-0.2, 0) is 10.3 Å². The Kier molecular flexibility index (Phi) is 12.2. The van der Waals surface area contributed by atoms with E-state index in [4.69, 9.17) is 156 Å². The molecule has 0 aromatic heterocycles. The third kappa shape index (κ3) is 6.91. The van der Waals surface area contributed by atoms with E-state index in [0.717, 1.165) is 16.7 Å². The molecular weight excluding hydrogens is 801 g/mol. The van der Waals surface area contributed by atoms with Crippen LogP contribution in [-0.4, -0.2) is 32.1 Å². The summed E-state index contributed by atoms with van der Waals surface area (Å²) in [7, 11) is 0. The largest absolute Gasteiger partial charge is 0.361 e. The van der Waals surface area contributed by atoms with E-state index < -0.39 is 31.1 Å². The van der Waals surface area contributed by atoms with Gasteiger partial charge in [0, 0.05) is 6.42 Å². The predicted octanol–water partition coefficient (Wildman–Crippen LogP) is 12.6. The SMILES string of the molecule is ClC(Cl)(Cl)C(Cl)(Cl)C(Cl)(Cl)C(Cl)(Cl)C(Cl)(Cl)C(Cl)(Cl)CCOC(c1ccccc1)(c1ccccc1)c1ccccc1. The molecule has 1 nitrogen and oxygen atoms in total. The highest BCUT2D eigenvalue weighted by atomic mass is 35.6. The molecule has 3 aromatic rings. The molecule has 0 bridgehead atoms. The minimum atomic E-state index is -2.75. The van der Waals surface area contributed by atoms with Crippen molar-refractivity contribution >= 4 is 151 Å². The van der Waals surface area contributed by atoms with Gasteiger partial charge in [0.1, 0.15) is 5.60 Å². The lowest BCUT2D eigenvalue weighted by molar-refractivity contribution is 0.00941. The monoisotopic (exact) mass is 814 g/mol. The van der Waals surface area contributed by atoms with Gasteiger partial charge in [0.15, 0.2) is 17.3 Å². The summed E-state index contributed by atoms with van der Waals surface area (Å²) in [6.07, 6.45) is -0.256. The Morgan fingerprint density at radius 2 is 0.732 bits per heavy atom. The lowest BCUT2D eigenvalue weighted by Gasteiger charge is -2.51. The van der Waals surface area contributed by atoms with Crippen molar-refractivity contribution in [2.45, 2.75) is 37.5 Å². The molecule has 0 unspecified atom stereocenters. The Morgan fingerprint density at radius 1 is 0.415 bits per heavy atom. The fourth-order valence-electron chi connectivity index (χ4n) is 4.06. The summed E-state index contributed by atoms with van der Waals surface area (Å²) in [5, 5.41) is 0. The van der Waals surface area contributed by atoms with Crippen molar-refractivity contribution in [1.82, 2.24) is 0 Å². The van der Waals surface area contributed by atoms with E-state index >= 15 is 0 Å². The van der Waals surface area contributed by atoms with Crippen molar-refractivity contribution in [3.05, 3.63) is 108 Å². The van der Waals surface area contributed by atoms with Crippen LogP contribution < -0.4 is 0 Å². The molecule has 0 fully saturated rings. The zero-order valence-corrected chi connectivity index (χ0v) is 30.2. The van der Waals surface area contributed by atoms with Gasteiger partial charge >= 0.3 is 0 Å². The van der Waals surface area contributed by atoms with Gasteiger partial charge in [0.25, 0.3) is 0 Å². The highest BCUT2D eigenvalue weighted by Crippen LogP contribution is 2.69. The molecule has 0 spiro atoms. The first-order valence-corrected chi connectivity index (χ1v) is 16.4. The third-order valence-electron chi connectivity index (χ3n) is 6.27. The van der Waals surface area contributed by atoms with E-state index in [1.807, 2.05) is 91.0 Å². The van der Waals surface area contributed by atoms with Gasteiger partial charge in [-0.05, 0) is 16.7 Å². The molecule has 14 heteroatoms. The molecule has 0 saturated heterocycles. The molecule has 0 saturated carbocycles. The topological polar surface area (TPSA) is 9.23 Å². The molecule has 0 aliphatic carbocycles. The van der Waals surface area contributed by atoms with Crippen LogP contribution in [0.4, 0.5) is 0 Å². The van der Waals surface area contributed by atoms with E-state index in [-0.39, 0.29) is 13.0 Å². The Morgan fingerprint density at radius 3 is 1.05 bits per heavy atom. The van der Waals surface area contributed by atoms with Crippen molar-refractivity contribution in [2.24, 2.45) is 0 Å². The number of ether oxygens (including phenoxy) is 1. The summed E-state index contributed by atoms with van der Waals surface area (Å²) in [6, 6.07) is 28.8. The number of alkyl halides is 13. The van der Waals surface area contributed by atoms with Crippen LogP contribution in [0.5, 0.6) is 0 Å². The smallest absolute Gasteiger partial charge is 0.226 e. The number of hydrogen-bond donors (Lipinski definition) is 0. The van der Waals surface area contributed by atoms with E-state index in [2.05, 4.69) is 0 Å². The maximum Gasteiger partial charge on any atom is 0.226 e. The molecule has 224 valence electrons. The highest BCUT2D eigenvalue weighted by Gasteiger charge is 2.76. The molecule has 41 heavy (non-hydrogen) atoms. The Balaban J connectivity index is 2.03. The first kappa shape index (κ1) is 36.9. The van der Waals surface area contributed by atoms with Gasteiger partial charge in [-0.25, -0.2) is 0 Å². The third-order valence-corrected chi connectivity index (χ3v) is 14.8. The molecule has 0 radical (unpaired) electrons. The lowest BCUT2D eigenvalue weighted by atomic mass is 9.80. The summed E-state index contributed by atoms with van der Waals surface area (Å²) in [5.41, 5.74) is 1.39. The summed E-state index contributed by atoms with van der Waals surface area (Å²) in [6.45, 7) is -0.133. The van der Waals surface area contributed by atoms with Gasteiger partial charge < -0.3 is 4.74 Å². The summed E-state index contributed by atoms with van der Waals surface area (Å²) in [5.74, 6) is 0. The van der Waals surface area contributed by atoms with Crippen LogP contribution in [0.3, 0.4) is 0 Å². The Bertz CT molecular complexity index is 1180. The second-order valence-corrected chi connectivity index (χ2v) is 18.0. The summed E-state index contributed by atoms with van der Waals surface area (Å²) < 4.78 is -8.75. The van der Waals surface area contributed by atoms with Gasteiger partial charge in [0.05, 0.1) is 6.61 Å². The van der Waals surface area contributed by atoms with Crippen molar-refractivity contribution in [3.8, 4) is 0 Å². The maximum absolute atomic E-state index is 6.70. The van der Waals surface area contributed by atoms with Crippen molar-refractivity contribution in [3.63, 3.8) is 0 Å². The van der Waals surface area contributed by atoms with Crippen LogP contribution in [0.2, 0.25) is 0 Å². The molecule has 0 atom stereocenters. The normalized spacial score (nSPS) is 14.3. The van der Waals surface area contributed by atoms with Gasteiger partial charge in [0.2, 0.25) is 8.13 Å². The zero-order chi connectivity index (χ0) is 31.0. The van der Waals surface area contributed by atoms with Gasteiger partial charge in [-0.15, -0.1) is 0 Å². The van der Waals surface area contributed by atoms with Crippen LogP contribution >= 0.6 is 151 Å². The van der Waals surface area contributed by atoms with E-state index in [9.17, 15) is 0 Å². The average Bonchev–Trinajstić information content (AvgIpc) is 2.91. The molecule has 0 amide bonds. The molecular formula is C27H19Cl13O. The van der Waals surface area contributed by atoms with Crippen molar-refractivity contribution in [1.29, 1.82) is 0 Å². The minimum Gasteiger partial charge on any atom is -0.361 e. The highest BCUT2D eigenvalue weighted by molar-refractivity contribution is 6.82. The van der Waals surface area contributed by atoms with E-state index in [1.54, 1.807) is 0 Å². The number of halogens is 13. The Labute approximate surface area is 304 Å². The minimum absolute atomic E-state index is 0.133. The zero-order valence-electron chi connectivity index (χ0n) is 20.4. The van der Waals surface area contributed by atoms with Crippen molar-refractivity contribution < 1.29 is 4.74 Å². The predicted molar refractivity (Wildman–Crippen MR) is 182 cm³/mol. The maximum atomic E-state index is 6.70. The molecule has 0 N–H and O–H groups in total. The summed E-state index contributed by atoms with van der Waals surface area (Å²) in [4.78, 5) is 0. The standard InChI is InChI=1S/C27H19Cl13O/c28-21(29,23(30,31)24(32,33)25(34,35)26(36,37)27(38,39)40)16-17-41-22(18-10-4-1-5-11-18,19-12-6-2-7-13-19)20-14-8-3-9-15-20/h1-15H,16-17H2. The Hall–Kier alpha value is 1.39. The van der Waals surface area contributed by atoms with E-state index in [1.165, 1.54) is 0 Å². The second kappa shape index (κ2) is 13.6. The molecule has 0 heterocycles. The molecule has 3 rings (SSSR count). The second-order valence-electron chi connectivity index (χ2n) is 8.88. The fourth-order valence-corrected chi connectivity index (χ4v) is 7.72. The first-order valence-electron chi connectivity index (χ1n) is 11.5. The van der Waals surface area contributed by atoms with Gasteiger partial charge in [-0.3, -0.25) is 0 Å². The quantitative estimate of drug-likeness (QED) is 0.138. The van der Waals surface area contributed by atoms with Gasteiger partial charge in [-0.1, -0.05) is 242 Å². The number of benzene rings is 3. The van der Waals surface area contributed by atoms with Crippen LogP contribution in [0.25, 0.3) is 0 Å². The van der Waals surface area contributed by atoms with Gasteiger partial charge in [-0.2, -0.15) is 0 Å². The lowest BCUT2D eigenvalue weighted by Crippen LogP contribution is -2.65. The molecule has 0 aliphatic rings. The molecule has 0 aliphatic heterocycles. The summed E-state index contributed by atoms with van der Waals surface area (Å²) >= 11 is 82.7. The number of rotatable bonds is 11. The van der Waals surface area contributed by atoms with Crippen LogP contribution in [0.1, 0.15) is 23.1 Å². The average molecular weight is 820 g/mol. The number of hydrogen-bond acceptors (Lipinski definition) is 1. The van der Waals surface area contributed by atoms with E-state index in [0.29, 0.717) is 0 Å². The fraction of sp³-hybridized carbons (Fsp3) is 0.333. The van der Waals surface area contributed by atoms with Crippen LogP contribution in [0, 0.1) is 0 Å². The first-order chi connectivity index (χ1) is 18.8. The molecule has 3 aromatic carbocycles. The van der Waals surface area contributed by atoms with Crippen molar-refractivity contribution in [2.75, 3.05) is 6.61 Å².